The predicted octanol–water partition coefficient (Wildman–Crippen LogP) is 8.97. The third kappa shape index (κ3) is 6.04. The summed E-state index contributed by atoms with van der Waals surface area (Å²) < 4.78 is 14.5. The second kappa shape index (κ2) is 12.2. The Bertz CT molecular complexity index is 1720. The van der Waals surface area contributed by atoms with E-state index >= 15 is 0 Å². The van der Waals surface area contributed by atoms with Crippen LogP contribution in [0, 0.1) is 18.7 Å². The minimum Gasteiger partial charge on any atom is -0.358 e. The lowest BCUT2D eigenvalue weighted by molar-refractivity contribution is 0.576. The average molecular weight is 547 g/mol. The lowest BCUT2D eigenvalue weighted by atomic mass is 10.0. The van der Waals surface area contributed by atoms with Crippen molar-refractivity contribution in [1.82, 2.24) is 20.2 Å². The molecule has 7 heteroatoms. The maximum absolute atomic E-state index is 14.5. The van der Waals surface area contributed by atoms with E-state index < -0.39 is 0 Å². The number of anilines is 2. The molecule has 0 aliphatic heterocycles. The highest BCUT2D eigenvalue weighted by Crippen LogP contribution is 2.33. The van der Waals surface area contributed by atoms with Crippen molar-refractivity contribution in [2.75, 3.05) is 10.6 Å². The van der Waals surface area contributed by atoms with Crippen LogP contribution in [-0.4, -0.2) is 20.2 Å². The van der Waals surface area contributed by atoms with Gasteiger partial charge in [-0.1, -0.05) is 64.1 Å². The summed E-state index contributed by atoms with van der Waals surface area (Å²) in [5.74, 6) is 0.0940. The van der Waals surface area contributed by atoms with Gasteiger partial charge >= 0.3 is 0 Å². The molecule has 0 saturated heterocycles. The molecule has 41 heavy (non-hydrogen) atoms. The van der Waals surface area contributed by atoms with Gasteiger partial charge in [-0.15, -0.1) is 0 Å². The second-order valence-electron chi connectivity index (χ2n) is 10.4. The number of pyridine rings is 2. The quantitative estimate of drug-likeness (QED) is 0.154. The topological polar surface area (TPSA) is 78.5 Å². The molecule has 0 fully saturated rings. The zero-order chi connectivity index (χ0) is 28.9. The summed E-state index contributed by atoms with van der Waals surface area (Å²) in [5, 5.41) is 15.4. The maximum atomic E-state index is 14.5. The Balaban J connectivity index is 1.39. The van der Waals surface area contributed by atoms with Gasteiger partial charge in [0.05, 0.1) is 35.0 Å². The number of hydrogen-bond donors (Lipinski definition) is 3. The highest BCUT2D eigenvalue weighted by molar-refractivity contribution is 5.95. The van der Waals surface area contributed by atoms with Gasteiger partial charge in [0.1, 0.15) is 11.5 Å². The highest BCUT2D eigenvalue weighted by atomic mass is 19.1. The van der Waals surface area contributed by atoms with Gasteiger partial charge in [-0.2, -0.15) is 5.10 Å². The fourth-order valence-electron chi connectivity index (χ4n) is 4.91. The number of rotatable bonds is 11. The van der Waals surface area contributed by atoms with E-state index in [-0.39, 0.29) is 5.82 Å². The van der Waals surface area contributed by atoms with Crippen LogP contribution in [0.2, 0.25) is 0 Å². The van der Waals surface area contributed by atoms with Crippen molar-refractivity contribution in [2.45, 2.75) is 40.0 Å². The van der Waals surface area contributed by atoms with E-state index in [1.54, 1.807) is 24.5 Å². The highest BCUT2D eigenvalue weighted by Gasteiger charge is 2.15. The minimum atomic E-state index is -0.289. The second-order valence-corrected chi connectivity index (χ2v) is 10.4. The Labute approximate surface area is 240 Å². The molecule has 0 bridgehead atoms. The molecule has 208 valence electrons. The number of unbranched alkanes of at least 4 members (excludes halogenated alkanes) is 1. The first-order valence-corrected chi connectivity index (χ1v) is 13.9. The van der Waals surface area contributed by atoms with Crippen LogP contribution in [-0.2, 0) is 0 Å². The normalized spacial score (nSPS) is 11.8. The van der Waals surface area contributed by atoms with Gasteiger partial charge in [-0.05, 0) is 54.7 Å². The molecule has 2 aromatic carbocycles. The molecule has 0 aliphatic rings. The molecule has 3 N–H and O–H groups in total. The Morgan fingerprint density at radius 3 is 2.56 bits per heavy atom. The number of nitrogens with one attached hydrogen (secondary N) is 3. The van der Waals surface area contributed by atoms with Crippen LogP contribution in [0.5, 0.6) is 0 Å². The molecule has 6 nitrogen and oxygen atoms in total. The van der Waals surface area contributed by atoms with Gasteiger partial charge in [0.2, 0.25) is 0 Å². The molecule has 5 rings (SSSR count). The van der Waals surface area contributed by atoms with E-state index in [0.717, 1.165) is 56.6 Å². The number of fused-ring (bicyclic) bond motifs is 1. The van der Waals surface area contributed by atoms with Crippen molar-refractivity contribution in [3.63, 3.8) is 0 Å². The summed E-state index contributed by atoms with van der Waals surface area (Å²) >= 11 is 0. The van der Waals surface area contributed by atoms with Crippen molar-refractivity contribution >= 4 is 28.0 Å². The molecular formula is C34H35FN6. The molecule has 0 amide bonds. The van der Waals surface area contributed by atoms with Crippen LogP contribution in [0.1, 0.15) is 44.4 Å². The summed E-state index contributed by atoms with van der Waals surface area (Å²) in [6.07, 6.45) is 10.5. The summed E-state index contributed by atoms with van der Waals surface area (Å²) in [7, 11) is 0. The number of hydrogen-bond acceptors (Lipinski definition) is 5. The van der Waals surface area contributed by atoms with E-state index in [9.17, 15) is 4.39 Å². The van der Waals surface area contributed by atoms with Gasteiger partial charge in [0.15, 0.2) is 0 Å². The standard InChI is InChI=1S/C34H35FN6/c1-6-7-10-21(2)23(4)38-27-15-26(17-36-18-27)25-13-14-32-29(16-25)34(41-40-32)24(5)39-33-20-37-19-30(22(33)3)28-11-8-9-12-31(28)35/h8-9,11-21,38-39H,4-7,10H2,1-3H3,(H,40,41). The Morgan fingerprint density at radius 2 is 1.76 bits per heavy atom. The molecule has 0 saturated carbocycles. The number of benzene rings is 2. The SMILES string of the molecule is C=C(Nc1cncc(-c2ccccc2F)c1C)c1n[nH]c2ccc(-c3cncc(NC(=C)C(C)CCCC)c3)cc12. The van der Waals surface area contributed by atoms with Gasteiger partial charge in [0, 0.05) is 40.2 Å². The number of allylic oxidation sites excluding steroid dienone is 1. The number of aromatic amines is 1. The zero-order valence-corrected chi connectivity index (χ0v) is 23.8. The van der Waals surface area contributed by atoms with Gasteiger partial charge in [-0.3, -0.25) is 15.1 Å². The van der Waals surface area contributed by atoms with Crippen molar-refractivity contribution in [2.24, 2.45) is 5.92 Å². The summed E-state index contributed by atoms with van der Waals surface area (Å²) in [6.45, 7) is 14.8. The molecule has 0 aliphatic carbocycles. The lowest BCUT2D eigenvalue weighted by Crippen LogP contribution is -2.08. The first-order chi connectivity index (χ1) is 19.9. The smallest absolute Gasteiger partial charge is 0.131 e. The Morgan fingerprint density at radius 1 is 0.951 bits per heavy atom. The van der Waals surface area contributed by atoms with Crippen molar-refractivity contribution in [1.29, 1.82) is 0 Å². The number of aromatic nitrogens is 4. The third-order valence-electron chi connectivity index (χ3n) is 7.48. The van der Waals surface area contributed by atoms with Crippen molar-refractivity contribution < 1.29 is 4.39 Å². The van der Waals surface area contributed by atoms with E-state index in [2.05, 4.69) is 69.9 Å². The fourth-order valence-corrected chi connectivity index (χ4v) is 4.91. The van der Waals surface area contributed by atoms with Crippen LogP contribution in [0.25, 0.3) is 38.9 Å². The number of nitrogens with zero attached hydrogens (tertiary/aromatic N) is 3. The van der Waals surface area contributed by atoms with Crippen molar-refractivity contribution in [3.8, 4) is 22.3 Å². The lowest BCUT2D eigenvalue weighted by Gasteiger charge is -2.17. The predicted molar refractivity (Wildman–Crippen MR) is 168 cm³/mol. The first-order valence-electron chi connectivity index (χ1n) is 13.9. The average Bonchev–Trinajstić information content (AvgIpc) is 3.41. The van der Waals surface area contributed by atoms with E-state index in [4.69, 9.17) is 0 Å². The van der Waals surface area contributed by atoms with Crippen LogP contribution in [0.3, 0.4) is 0 Å². The summed E-state index contributed by atoms with van der Waals surface area (Å²) in [6, 6.07) is 14.9. The van der Waals surface area contributed by atoms with Crippen LogP contribution in [0.4, 0.5) is 15.8 Å². The van der Waals surface area contributed by atoms with Gasteiger partial charge in [0.25, 0.3) is 0 Å². The number of halogens is 1. The molecule has 3 heterocycles. The molecule has 0 radical (unpaired) electrons. The first kappa shape index (κ1) is 27.8. The fraction of sp³-hybridized carbons (Fsp3) is 0.206. The van der Waals surface area contributed by atoms with E-state index in [0.29, 0.717) is 22.9 Å². The van der Waals surface area contributed by atoms with E-state index in [1.165, 1.54) is 18.9 Å². The third-order valence-corrected chi connectivity index (χ3v) is 7.48. The Kier molecular flexibility index (Phi) is 8.24. The van der Waals surface area contributed by atoms with Crippen molar-refractivity contribution in [3.05, 3.63) is 109 Å². The molecule has 5 aromatic rings. The largest absolute Gasteiger partial charge is 0.358 e. The summed E-state index contributed by atoms with van der Waals surface area (Å²) in [4.78, 5) is 8.82. The number of H-pyrrole nitrogens is 1. The molecule has 1 atom stereocenters. The maximum Gasteiger partial charge on any atom is 0.131 e. The molecule has 1 unspecified atom stereocenters. The molecule has 3 aromatic heterocycles. The van der Waals surface area contributed by atoms with Gasteiger partial charge in [-0.25, -0.2) is 4.39 Å². The van der Waals surface area contributed by atoms with Gasteiger partial charge < -0.3 is 10.6 Å². The summed E-state index contributed by atoms with van der Waals surface area (Å²) in [5.41, 5.74) is 8.91. The van der Waals surface area contributed by atoms with Crippen LogP contribution < -0.4 is 10.6 Å². The van der Waals surface area contributed by atoms with E-state index in [1.807, 2.05) is 37.5 Å². The monoisotopic (exact) mass is 546 g/mol. The van der Waals surface area contributed by atoms with Crippen LogP contribution >= 0.6 is 0 Å². The Hall–Kier alpha value is -4.78. The van der Waals surface area contributed by atoms with Crippen LogP contribution in [0.15, 0.2) is 92.2 Å². The molecule has 0 spiro atoms. The zero-order valence-electron chi connectivity index (χ0n) is 23.8. The minimum absolute atomic E-state index is 0.289. The molecular weight excluding hydrogens is 511 g/mol.